The molecule has 0 spiro atoms. The summed E-state index contributed by atoms with van der Waals surface area (Å²) in [6.45, 7) is 1.26. The quantitative estimate of drug-likeness (QED) is 0.124. The second-order valence-electron chi connectivity index (χ2n) is 8.55. The molecule has 2 rings (SSSR count). The predicted molar refractivity (Wildman–Crippen MR) is 137 cm³/mol. The summed E-state index contributed by atoms with van der Waals surface area (Å²) in [5.41, 5.74) is 12.3. The van der Waals surface area contributed by atoms with Crippen molar-refractivity contribution in [2.45, 2.75) is 56.5 Å². The maximum atomic E-state index is 13.1. The summed E-state index contributed by atoms with van der Waals surface area (Å²) in [7, 11) is 0. The number of aromatic nitrogens is 1. The van der Waals surface area contributed by atoms with Gasteiger partial charge in [-0.2, -0.15) is 12.6 Å². The molecule has 0 saturated heterocycles. The van der Waals surface area contributed by atoms with Crippen LogP contribution in [-0.2, 0) is 30.4 Å². The van der Waals surface area contributed by atoms with Crippen LogP contribution in [0.4, 0.5) is 0 Å². The molecule has 1 heterocycles. The summed E-state index contributed by atoms with van der Waals surface area (Å²) in [6, 6.07) is 2.03. The lowest BCUT2D eigenvalue weighted by atomic mass is 10.0. The third-order valence-corrected chi connectivity index (χ3v) is 6.00. The van der Waals surface area contributed by atoms with Crippen LogP contribution in [0.25, 0.3) is 10.9 Å². The Kier molecular flexibility index (Phi) is 10.9. The first-order valence-corrected chi connectivity index (χ1v) is 12.1. The monoisotopic (exact) mass is 536 g/mol. The van der Waals surface area contributed by atoms with Gasteiger partial charge in [-0.3, -0.25) is 19.2 Å². The van der Waals surface area contributed by atoms with Gasteiger partial charge in [0.15, 0.2) is 0 Å². The second kappa shape index (κ2) is 13.6. The number of carbonyl (C=O) groups is 5. The number of amides is 4. The number of para-hydroxylation sites is 1. The molecule has 0 bridgehead atoms. The van der Waals surface area contributed by atoms with Crippen molar-refractivity contribution < 1.29 is 34.2 Å². The highest BCUT2D eigenvalue weighted by Gasteiger charge is 2.32. The normalized spacial score (nSPS) is 15.1. The Morgan fingerprint density at radius 2 is 1.68 bits per heavy atom. The Morgan fingerprint density at radius 3 is 2.27 bits per heavy atom. The smallest absolute Gasteiger partial charge is 0.327 e. The molecule has 4 amide bonds. The van der Waals surface area contributed by atoms with E-state index in [2.05, 4.69) is 33.6 Å². The number of benzene rings is 1. The van der Waals surface area contributed by atoms with Gasteiger partial charge >= 0.3 is 5.97 Å². The van der Waals surface area contributed by atoms with Crippen LogP contribution in [0, 0.1) is 0 Å². The summed E-state index contributed by atoms with van der Waals surface area (Å²) >= 11 is 3.94. The minimum Gasteiger partial charge on any atom is -0.480 e. The van der Waals surface area contributed by atoms with Gasteiger partial charge in [-0.05, 0) is 25.0 Å². The Bertz CT molecular complexity index is 1140. The number of carboxylic acids is 1. The van der Waals surface area contributed by atoms with Gasteiger partial charge in [0.1, 0.15) is 18.1 Å². The molecule has 5 atom stereocenters. The molecule has 0 aliphatic carbocycles. The van der Waals surface area contributed by atoms with Crippen molar-refractivity contribution in [3.05, 3.63) is 36.0 Å². The Hall–Kier alpha value is -3.62. The molecule has 2 aromatic rings. The van der Waals surface area contributed by atoms with Gasteiger partial charge in [-0.1, -0.05) is 18.2 Å². The molecule has 10 N–H and O–H groups in total. The molecule has 202 valence electrons. The molecule has 0 aliphatic rings. The lowest BCUT2D eigenvalue weighted by molar-refractivity contribution is -0.141. The van der Waals surface area contributed by atoms with E-state index in [1.807, 2.05) is 18.2 Å². The van der Waals surface area contributed by atoms with Crippen molar-refractivity contribution in [1.82, 2.24) is 20.9 Å². The van der Waals surface area contributed by atoms with Crippen LogP contribution >= 0.6 is 12.6 Å². The average Bonchev–Trinajstić information content (AvgIpc) is 3.25. The van der Waals surface area contributed by atoms with Crippen molar-refractivity contribution in [2.75, 3.05) is 5.75 Å². The third-order valence-electron chi connectivity index (χ3n) is 5.63. The number of fused-ring (bicyclic) bond motifs is 1. The molecule has 0 aliphatic heterocycles. The number of carboxylic acid groups (broad SMARTS) is 1. The standard InChI is InChI=1S/C23H32N6O7S/c1-11(30)19(29-20(32)14(24)6-7-18(25)31)22(34)27-16(21(33)28-17(10-37)23(35)36)8-12-9-26-15-5-3-2-4-13(12)15/h2-5,9,11,14,16-17,19,26,30,37H,6-8,10,24H2,1H3,(H2,25,31)(H,27,34)(H,28,33)(H,29,32)(H,35,36). The van der Waals surface area contributed by atoms with E-state index in [0.29, 0.717) is 5.56 Å². The first-order valence-electron chi connectivity index (χ1n) is 11.5. The number of hydrogen-bond acceptors (Lipinski definition) is 8. The van der Waals surface area contributed by atoms with E-state index in [0.717, 1.165) is 10.9 Å². The number of carbonyl (C=O) groups excluding carboxylic acids is 4. The van der Waals surface area contributed by atoms with Crippen molar-refractivity contribution in [3.8, 4) is 0 Å². The number of thiol groups is 1. The molecule has 1 aromatic heterocycles. The van der Waals surface area contributed by atoms with Gasteiger partial charge in [0.05, 0.1) is 12.1 Å². The van der Waals surface area contributed by atoms with Crippen LogP contribution < -0.4 is 27.4 Å². The third kappa shape index (κ3) is 8.48. The van der Waals surface area contributed by atoms with Gasteiger partial charge in [-0.15, -0.1) is 0 Å². The number of nitrogens with two attached hydrogens (primary N) is 2. The minimum absolute atomic E-state index is 0.0287. The number of rotatable bonds is 14. The van der Waals surface area contributed by atoms with Crippen LogP contribution in [0.3, 0.4) is 0 Å². The molecule has 0 fully saturated rings. The maximum absolute atomic E-state index is 13.1. The molecule has 37 heavy (non-hydrogen) atoms. The largest absolute Gasteiger partial charge is 0.480 e. The van der Waals surface area contributed by atoms with Crippen molar-refractivity contribution in [1.29, 1.82) is 0 Å². The van der Waals surface area contributed by atoms with E-state index in [1.54, 1.807) is 12.3 Å². The number of H-pyrrole nitrogens is 1. The number of aromatic amines is 1. The number of aliphatic carboxylic acids is 1. The molecule has 13 nitrogen and oxygen atoms in total. The van der Waals surface area contributed by atoms with Crippen LogP contribution in [0.5, 0.6) is 0 Å². The van der Waals surface area contributed by atoms with Crippen LogP contribution in [0.1, 0.15) is 25.3 Å². The zero-order valence-electron chi connectivity index (χ0n) is 20.1. The van der Waals surface area contributed by atoms with Gasteiger partial charge < -0.3 is 42.6 Å². The van der Waals surface area contributed by atoms with E-state index in [4.69, 9.17) is 11.5 Å². The average molecular weight is 537 g/mol. The SMILES string of the molecule is CC(O)C(NC(=O)C(N)CCC(N)=O)C(=O)NC(Cc1c[nH]c2ccccc12)C(=O)NC(CS)C(=O)O. The fourth-order valence-corrected chi connectivity index (χ4v) is 3.79. The van der Waals surface area contributed by atoms with E-state index in [-0.39, 0.29) is 25.0 Å². The second-order valence-corrected chi connectivity index (χ2v) is 8.91. The fourth-order valence-electron chi connectivity index (χ4n) is 3.54. The Labute approximate surface area is 218 Å². The molecule has 5 unspecified atom stereocenters. The van der Waals surface area contributed by atoms with Crippen LogP contribution in [0.2, 0.25) is 0 Å². The van der Waals surface area contributed by atoms with Gasteiger partial charge in [0.25, 0.3) is 0 Å². The fraction of sp³-hybridized carbons (Fsp3) is 0.435. The highest BCUT2D eigenvalue weighted by atomic mass is 32.1. The highest BCUT2D eigenvalue weighted by Crippen LogP contribution is 2.19. The summed E-state index contributed by atoms with van der Waals surface area (Å²) in [4.78, 5) is 64.0. The highest BCUT2D eigenvalue weighted by molar-refractivity contribution is 7.80. The lowest BCUT2D eigenvalue weighted by Gasteiger charge is -2.26. The number of hydrogen-bond donors (Lipinski definition) is 9. The van der Waals surface area contributed by atoms with E-state index in [9.17, 15) is 34.2 Å². The molecule has 0 radical (unpaired) electrons. The van der Waals surface area contributed by atoms with Gasteiger partial charge in [0, 0.05) is 35.7 Å². The maximum Gasteiger partial charge on any atom is 0.327 e. The topological polar surface area (TPSA) is 230 Å². The Morgan fingerprint density at radius 1 is 1.03 bits per heavy atom. The molecule has 14 heteroatoms. The van der Waals surface area contributed by atoms with Crippen LogP contribution in [-0.4, -0.2) is 80.8 Å². The van der Waals surface area contributed by atoms with Crippen molar-refractivity contribution in [3.63, 3.8) is 0 Å². The first-order chi connectivity index (χ1) is 17.4. The van der Waals surface area contributed by atoms with Gasteiger partial charge in [-0.25, -0.2) is 4.79 Å². The summed E-state index contributed by atoms with van der Waals surface area (Å²) in [6.07, 6.45) is 0.0347. The number of primary amides is 1. The van der Waals surface area contributed by atoms with Crippen molar-refractivity contribution >= 4 is 53.1 Å². The lowest BCUT2D eigenvalue weighted by Crippen LogP contribution is -2.60. The summed E-state index contributed by atoms with van der Waals surface area (Å²) < 4.78 is 0. The van der Waals surface area contributed by atoms with E-state index in [1.165, 1.54) is 6.92 Å². The predicted octanol–water partition coefficient (Wildman–Crippen LogP) is -1.85. The molecular weight excluding hydrogens is 504 g/mol. The molecule has 0 saturated carbocycles. The van der Waals surface area contributed by atoms with Crippen molar-refractivity contribution in [2.24, 2.45) is 11.5 Å². The zero-order chi connectivity index (χ0) is 27.7. The minimum atomic E-state index is -1.49. The Balaban J connectivity index is 2.25. The number of aliphatic hydroxyl groups excluding tert-OH is 1. The van der Waals surface area contributed by atoms with E-state index >= 15 is 0 Å². The summed E-state index contributed by atoms with van der Waals surface area (Å²) in [5.74, 6) is -4.65. The zero-order valence-corrected chi connectivity index (χ0v) is 21.0. The van der Waals surface area contributed by atoms with E-state index < -0.39 is 59.9 Å². The first kappa shape index (κ1) is 29.6. The summed E-state index contributed by atoms with van der Waals surface area (Å²) in [5, 5.41) is 27.4. The van der Waals surface area contributed by atoms with Crippen LogP contribution in [0.15, 0.2) is 30.5 Å². The molecule has 1 aromatic carbocycles. The van der Waals surface area contributed by atoms with Gasteiger partial charge in [0.2, 0.25) is 23.6 Å². The number of aliphatic hydroxyl groups is 1. The number of nitrogens with one attached hydrogen (secondary N) is 4. The molecular formula is C23H32N6O7S.